The number of benzene rings is 1. The fourth-order valence-corrected chi connectivity index (χ4v) is 5.98. The molecule has 1 amide bonds. The Hall–Kier alpha value is -2.62. The summed E-state index contributed by atoms with van der Waals surface area (Å²) in [6.07, 6.45) is -1.06. The van der Waals surface area contributed by atoms with E-state index in [4.69, 9.17) is 5.73 Å². The van der Waals surface area contributed by atoms with Crippen LogP contribution in [0.4, 0.5) is 0 Å². The van der Waals surface area contributed by atoms with Crippen molar-refractivity contribution < 1.29 is 34.5 Å². The molecule has 0 aliphatic heterocycles. The molecule has 0 bridgehead atoms. The molecule has 7 unspecified atom stereocenters. The van der Waals surface area contributed by atoms with E-state index in [-0.39, 0.29) is 17.7 Å². The van der Waals surface area contributed by atoms with Crippen LogP contribution in [0.25, 0.3) is 0 Å². The van der Waals surface area contributed by atoms with Crippen LogP contribution >= 0.6 is 0 Å². The zero-order chi connectivity index (χ0) is 23.0. The van der Waals surface area contributed by atoms with E-state index in [1.54, 1.807) is 32.0 Å². The summed E-state index contributed by atoms with van der Waals surface area (Å²) in [5, 5.41) is 32.5. The van der Waals surface area contributed by atoms with Crippen LogP contribution in [0.1, 0.15) is 27.9 Å². The van der Waals surface area contributed by atoms with Crippen LogP contribution < -0.4 is 5.73 Å². The zero-order valence-corrected chi connectivity index (χ0v) is 17.5. The number of hydrogen-bond acceptors (Lipinski definition) is 8. The maximum absolute atomic E-state index is 13.6. The minimum atomic E-state index is -2.62. The average Bonchev–Trinajstić information content (AvgIpc) is 2.67. The third-order valence-electron chi connectivity index (χ3n) is 7.41. The molecule has 0 heterocycles. The number of carbonyl (C=O) groups excluding carboxylic acids is 4. The maximum atomic E-state index is 13.6. The van der Waals surface area contributed by atoms with Gasteiger partial charge < -0.3 is 26.0 Å². The first kappa shape index (κ1) is 21.6. The van der Waals surface area contributed by atoms with Gasteiger partial charge in [-0.15, -0.1) is 0 Å². The quantitative estimate of drug-likeness (QED) is 0.434. The molecule has 3 aliphatic rings. The molecule has 2 fully saturated rings. The SMILES string of the molecule is Cc1ccc(O)c2c1CC1CC3C(N(C)C)C(O)C(C(N)=O)C(=O)C3(O)C(=O)C1C2=O. The topological polar surface area (TPSA) is 158 Å². The summed E-state index contributed by atoms with van der Waals surface area (Å²) in [5.41, 5.74) is 4.19. The molecule has 0 spiro atoms. The average molecular weight is 430 g/mol. The second kappa shape index (κ2) is 6.94. The van der Waals surface area contributed by atoms with Crippen molar-refractivity contribution in [3.63, 3.8) is 0 Å². The number of hydrogen-bond donors (Lipinski definition) is 4. The van der Waals surface area contributed by atoms with Gasteiger partial charge in [-0.1, -0.05) is 6.07 Å². The van der Waals surface area contributed by atoms with Crippen LogP contribution in [-0.4, -0.2) is 75.3 Å². The monoisotopic (exact) mass is 430 g/mol. The molecular weight excluding hydrogens is 404 g/mol. The number of fused-ring (bicyclic) bond motifs is 3. The summed E-state index contributed by atoms with van der Waals surface area (Å²) in [6, 6.07) is 2.17. The van der Waals surface area contributed by atoms with Crippen molar-refractivity contribution in [1.82, 2.24) is 4.90 Å². The van der Waals surface area contributed by atoms with Crippen molar-refractivity contribution in [1.29, 1.82) is 0 Å². The standard InChI is InChI=1S/C22H26N2O7/c1-8-4-5-12(25)14-10(8)6-9-7-11-16(24(2)3)18(27)15(21(23)30)20(29)22(11,31)19(28)13(9)17(14)26/h4-5,9,11,13,15-16,18,25,27,31H,6-7H2,1-3H3,(H2,23,30). The number of ketones is 3. The number of rotatable bonds is 2. The number of phenols is 1. The van der Waals surface area contributed by atoms with Gasteiger partial charge in [-0.3, -0.25) is 19.2 Å². The fourth-order valence-electron chi connectivity index (χ4n) is 5.98. The van der Waals surface area contributed by atoms with E-state index >= 15 is 0 Å². The van der Waals surface area contributed by atoms with E-state index in [0.717, 1.165) is 5.56 Å². The number of aliphatic hydroxyl groups is 2. The van der Waals surface area contributed by atoms with Crippen molar-refractivity contribution in [2.75, 3.05) is 14.1 Å². The molecule has 7 atom stereocenters. The van der Waals surface area contributed by atoms with E-state index < -0.39 is 64.7 Å². The molecule has 166 valence electrons. The van der Waals surface area contributed by atoms with E-state index in [9.17, 15) is 34.5 Å². The minimum Gasteiger partial charge on any atom is -0.507 e. The van der Waals surface area contributed by atoms with E-state index in [1.807, 2.05) is 0 Å². The lowest BCUT2D eigenvalue weighted by Crippen LogP contribution is -2.75. The van der Waals surface area contributed by atoms with Gasteiger partial charge in [-0.25, -0.2) is 0 Å². The number of nitrogens with two attached hydrogens (primary N) is 1. The highest BCUT2D eigenvalue weighted by molar-refractivity contribution is 6.25. The third-order valence-corrected chi connectivity index (χ3v) is 7.41. The first-order valence-electron chi connectivity index (χ1n) is 10.2. The van der Waals surface area contributed by atoms with Gasteiger partial charge in [0.25, 0.3) is 0 Å². The molecule has 4 rings (SSSR count). The number of nitrogens with zero attached hydrogens (tertiary/aromatic N) is 1. The summed E-state index contributed by atoms with van der Waals surface area (Å²) in [4.78, 5) is 53.5. The number of aliphatic hydroxyl groups excluding tert-OH is 1. The number of aromatic hydroxyl groups is 1. The predicted molar refractivity (Wildman–Crippen MR) is 107 cm³/mol. The Balaban J connectivity index is 1.87. The highest BCUT2D eigenvalue weighted by Crippen LogP contribution is 2.51. The highest BCUT2D eigenvalue weighted by Gasteiger charge is 2.69. The largest absolute Gasteiger partial charge is 0.507 e. The number of phenolic OH excluding ortho intramolecular Hbond substituents is 1. The second-order valence-electron chi connectivity index (χ2n) is 9.22. The normalized spacial score (nSPS) is 37.3. The van der Waals surface area contributed by atoms with Crippen molar-refractivity contribution in [2.24, 2.45) is 29.4 Å². The smallest absolute Gasteiger partial charge is 0.230 e. The Morgan fingerprint density at radius 1 is 1.19 bits per heavy atom. The van der Waals surface area contributed by atoms with Crippen molar-refractivity contribution in [3.8, 4) is 5.75 Å². The third kappa shape index (κ3) is 2.73. The van der Waals surface area contributed by atoms with E-state index in [1.165, 1.54) is 6.07 Å². The summed E-state index contributed by atoms with van der Waals surface area (Å²) < 4.78 is 0. The van der Waals surface area contributed by atoms with Crippen LogP contribution in [0, 0.1) is 30.6 Å². The van der Waals surface area contributed by atoms with E-state index in [0.29, 0.717) is 12.0 Å². The van der Waals surface area contributed by atoms with Gasteiger partial charge in [0.1, 0.15) is 11.7 Å². The van der Waals surface area contributed by atoms with Gasteiger partial charge in [-0.05, 0) is 57.0 Å². The first-order chi connectivity index (χ1) is 14.4. The van der Waals surface area contributed by atoms with Crippen LogP contribution in [-0.2, 0) is 20.8 Å². The Kier molecular flexibility index (Phi) is 4.84. The van der Waals surface area contributed by atoms with Crippen LogP contribution in [0.2, 0.25) is 0 Å². The lowest BCUT2D eigenvalue weighted by Gasteiger charge is -2.54. The molecule has 9 heteroatoms. The lowest BCUT2D eigenvalue weighted by atomic mass is 9.52. The Morgan fingerprint density at radius 3 is 2.42 bits per heavy atom. The number of carbonyl (C=O) groups is 4. The molecule has 31 heavy (non-hydrogen) atoms. The summed E-state index contributed by atoms with van der Waals surface area (Å²) >= 11 is 0. The number of amides is 1. The Bertz CT molecular complexity index is 1020. The molecule has 2 saturated carbocycles. The van der Waals surface area contributed by atoms with Gasteiger partial charge in [0.2, 0.25) is 5.91 Å². The molecule has 3 aliphatic carbocycles. The van der Waals surface area contributed by atoms with Crippen LogP contribution in [0.5, 0.6) is 5.75 Å². The molecule has 1 aromatic rings. The molecule has 0 saturated heterocycles. The van der Waals surface area contributed by atoms with Crippen molar-refractivity contribution >= 4 is 23.3 Å². The van der Waals surface area contributed by atoms with Crippen LogP contribution in [0.15, 0.2) is 12.1 Å². The van der Waals surface area contributed by atoms with Crippen LogP contribution in [0.3, 0.4) is 0 Å². The van der Waals surface area contributed by atoms with Gasteiger partial charge in [0, 0.05) is 12.0 Å². The predicted octanol–water partition coefficient (Wildman–Crippen LogP) is -1.03. The zero-order valence-electron chi connectivity index (χ0n) is 17.5. The number of likely N-dealkylation sites (N-methyl/N-ethyl adjacent to an activating group) is 1. The Labute approximate surface area is 178 Å². The molecular formula is C22H26N2O7. The molecule has 0 radical (unpaired) electrons. The molecule has 1 aromatic carbocycles. The summed E-state index contributed by atoms with van der Waals surface area (Å²) in [6.45, 7) is 1.81. The van der Waals surface area contributed by atoms with E-state index in [2.05, 4.69) is 0 Å². The van der Waals surface area contributed by atoms with Gasteiger partial charge in [0.15, 0.2) is 23.0 Å². The van der Waals surface area contributed by atoms with Gasteiger partial charge in [0.05, 0.1) is 17.6 Å². The second-order valence-corrected chi connectivity index (χ2v) is 9.22. The Morgan fingerprint density at radius 2 is 1.84 bits per heavy atom. The van der Waals surface area contributed by atoms with Crippen molar-refractivity contribution in [2.45, 2.75) is 37.5 Å². The van der Waals surface area contributed by atoms with Gasteiger partial charge >= 0.3 is 0 Å². The number of aryl methyl sites for hydroxylation is 1. The molecule has 5 N–H and O–H groups in total. The fraction of sp³-hybridized carbons (Fsp3) is 0.545. The number of Topliss-reactive ketones (excluding diaryl/α,β-unsaturated/α-hetero) is 3. The summed E-state index contributed by atoms with van der Waals surface area (Å²) in [5.74, 6) is -8.79. The maximum Gasteiger partial charge on any atom is 0.230 e. The minimum absolute atomic E-state index is 0.0375. The number of primary amides is 1. The molecule has 9 nitrogen and oxygen atoms in total. The summed E-state index contributed by atoms with van der Waals surface area (Å²) in [7, 11) is 3.23. The highest BCUT2D eigenvalue weighted by atomic mass is 16.3. The van der Waals surface area contributed by atoms with Crippen molar-refractivity contribution in [3.05, 3.63) is 28.8 Å². The van der Waals surface area contributed by atoms with Gasteiger partial charge in [-0.2, -0.15) is 0 Å². The molecule has 0 aromatic heterocycles. The first-order valence-corrected chi connectivity index (χ1v) is 10.2. The lowest BCUT2D eigenvalue weighted by molar-refractivity contribution is -0.190.